The zero-order chi connectivity index (χ0) is 13.0. The molecule has 0 unspecified atom stereocenters. The third kappa shape index (κ3) is 12.9. The number of para-hydroxylation sites is 1. The molecule has 0 aromatic heterocycles. The Morgan fingerprint density at radius 2 is 1.41 bits per heavy atom. The number of aromatic hydroxyl groups is 1. The average molecular weight is 283 g/mol. The van der Waals surface area contributed by atoms with Crippen LogP contribution in [0, 0.1) is 12.8 Å². The quantitative estimate of drug-likeness (QED) is 0.612. The van der Waals surface area contributed by atoms with Crippen molar-refractivity contribution in [2.75, 3.05) is 0 Å². The minimum absolute atomic E-state index is 0. The molecule has 0 saturated carbocycles. The number of carboxylic acids is 1. The summed E-state index contributed by atoms with van der Waals surface area (Å²) in [5, 5.41) is 17.3. The smallest absolute Gasteiger partial charge is 0.507 e. The molecule has 3 nitrogen and oxygen atoms in total. The summed E-state index contributed by atoms with van der Waals surface area (Å²) >= 11 is 0. The van der Waals surface area contributed by atoms with Crippen molar-refractivity contribution >= 4 is 5.97 Å². The second kappa shape index (κ2) is 15.0. The van der Waals surface area contributed by atoms with Crippen molar-refractivity contribution in [2.24, 2.45) is 0 Å². The van der Waals surface area contributed by atoms with Crippen LogP contribution in [0.2, 0.25) is 0 Å². The molecule has 0 aliphatic rings. The molecule has 1 aromatic rings. The molecule has 1 rings (SSSR count). The van der Waals surface area contributed by atoms with Gasteiger partial charge in [-0.15, -0.1) is 0 Å². The maximum Gasteiger partial charge on any atom is 2.00 e. The van der Waals surface area contributed by atoms with E-state index in [-0.39, 0.29) is 27.8 Å². The van der Waals surface area contributed by atoms with Crippen LogP contribution in [0.25, 0.3) is 0 Å². The van der Waals surface area contributed by atoms with Crippen LogP contribution in [-0.4, -0.2) is 16.2 Å². The molecule has 0 heterocycles. The predicted molar refractivity (Wildman–Crippen MR) is 66.4 cm³/mol. The summed E-state index contributed by atoms with van der Waals surface area (Å²) in [7, 11) is 0. The third-order valence-electron chi connectivity index (χ3n) is 1.13. The summed E-state index contributed by atoms with van der Waals surface area (Å²) in [4.78, 5) is 10.3. The molecule has 0 radical (unpaired) electrons. The fourth-order valence-corrected chi connectivity index (χ4v) is 0.654. The van der Waals surface area contributed by atoms with E-state index in [1.54, 1.807) is 12.1 Å². The second-order valence-electron chi connectivity index (χ2n) is 2.98. The van der Waals surface area contributed by atoms with Crippen LogP contribution in [0.3, 0.4) is 0 Å². The summed E-state index contributed by atoms with van der Waals surface area (Å²) in [6.07, 6.45) is 4.00. The molecular formula is C13H20NiO3. The van der Waals surface area contributed by atoms with Crippen LogP contribution in [0.1, 0.15) is 38.1 Å². The molecular weight excluding hydrogens is 263 g/mol. The van der Waals surface area contributed by atoms with Gasteiger partial charge in [-0.25, -0.2) is 4.79 Å². The van der Waals surface area contributed by atoms with Crippen LogP contribution in [-0.2, 0) is 16.5 Å². The Labute approximate surface area is 114 Å². The molecule has 17 heavy (non-hydrogen) atoms. The predicted octanol–water partition coefficient (Wildman–Crippen LogP) is 3.55. The normalized spacial score (nSPS) is 7.53. The minimum atomic E-state index is -1.11. The summed E-state index contributed by atoms with van der Waals surface area (Å²) < 4.78 is 0. The largest absolute Gasteiger partial charge is 2.00 e. The fraction of sp³-hybridized carbons (Fsp3) is 0.308. The molecule has 0 aliphatic carbocycles. The van der Waals surface area contributed by atoms with Crippen LogP contribution in [0.5, 0.6) is 5.75 Å². The van der Waals surface area contributed by atoms with E-state index in [9.17, 15) is 4.79 Å². The standard InChI is InChI=1S/C7H6O3.2C3H7.Ni/c8-6-4-2-1-3-5(6)7(9)10;2*1-3-2;/h1-4,8H,(H,9,10);2*3H,1-2H3;/q;2*-1;+2. The summed E-state index contributed by atoms with van der Waals surface area (Å²) in [5.41, 5.74) is -0.0671. The molecule has 0 bridgehead atoms. The number of phenols is 1. The van der Waals surface area contributed by atoms with Gasteiger partial charge in [0.25, 0.3) is 0 Å². The van der Waals surface area contributed by atoms with Crippen molar-refractivity contribution in [1.29, 1.82) is 0 Å². The fourth-order valence-electron chi connectivity index (χ4n) is 0.654. The van der Waals surface area contributed by atoms with Crippen LogP contribution in [0.4, 0.5) is 0 Å². The second-order valence-corrected chi connectivity index (χ2v) is 2.98. The van der Waals surface area contributed by atoms with Crippen molar-refractivity contribution in [3.05, 3.63) is 42.7 Å². The molecule has 1 aromatic carbocycles. The SMILES string of the molecule is C[CH-]C.C[CH-]C.O=C(O)c1ccccc1O.[Ni+2]. The first-order valence-corrected chi connectivity index (χ1v) is 5.04. The van der Waals surface area contributed by atoms with Gasteiger partial charge in [-0.2, -0.15) is 27.7 Å². The molecule has 100 valence electrons. The number of aromatic carboxylic acids is 1. The Bertz CT molecular complexity index is 286. The van der Waals surface area contributed by atoms with E-state index in [4.69, 9.17) is 10.2 Å². The number of carboxylic acid groups (broad SMARTS) is 1. The topological polar surface area (TPSA) is 57.5 Å². The third-order valence-corrected chi connectivity index (χ3v) is 1.13. The summed E-state index contributed by atoms with van der Waals surface area (Å²) in [6, 6.07) is 5.81. The Morgan fingerprint density at radius 3 is 1.65 bits per heavy atom. The molecule has 0 fully saturated rings. The minimum Gasteiger partial charge on any atom is -0.507 e. The monoisotopic (exact) mass is 282 g/mol. The Hall–Kier alpha value is -1.02. The summed E-state index contributed by atoms with van der Waals surface area (Å²) in [5.74, 6) is -1.31. The molecule has 4 heteroatoms. The van der Waals surface area contributed by atoms with Gasteiger partial charge >= 0.3 is 22.5 Å². The van der Waals surface area contributed by atoms with E-state index in [0.29, 0.717) is 0 Å². The van der Waals surface area contributed by atoms with Crippen molar-refractivity contribution in [3.63, 3.8) is 0 Å². The molecule has 0 aliphatic heterocycles. The van der Waals surface area contributed by atoms with Gasteiger partial charge in [0, 0.05) is 0 Å². The Balaban J connectivity index is -0.000000240. The van der Waals surface area contributed by atoms with Crippen LogP contribution in [0.15, 0.2) is 24.3 Å². The Kier molecular flexibility index (Phi) is 18.8. The molecule has 2 N–H and O–H groups in total. The number of rotatable bonds is 1. The van der Waals surface area contributed by atoms with Gasteiger partial charge < -0.3 is 23.1 Å². The number of hydrogen-bond acceptors (Lipinski definition) is 2. The first-order valence-electron chi connectivity index (χ1n) is 5.04. The maximum absolute atomic E-state index is 10.3. The van der Waals surface area contributed by atoms with E-state index in [2.05, 4.69) is 0 Å². The van der Waals surface area contributed by atoms with Crippen molar-refractivity contribution in [1.82, 2.24) is 0 Å². The molecule has 0 atom stereocenters. The van der Waals surface area contributed by atoms with Crippen LogP contribution >= 0.6 is 0 Å². The van der Waals surface area contributed by atoms with E-state index in [0.717, 1.165) is 0 Å². The van der Waals surface area contributed by atoms with E-state index in [1.165, 1.54) is 12.1 Å². The first-order chi connectivity index (χ1) is 7.54. The van der Waals surface area contributed by atoms with Gasteiger partial charge in [-0.05, 0) is 12.1 Å². The van der Waals surface area contributed by atoms with Gasteiger partial charge in [0.1, 0.15) is 11.3 Å². The van der Waals surface area contributed by atoms with Gasteiger partial charge in [0.2, 0.25) is 0 Å². The van der Waals surface area contributed by atoms with E-state index < -0.39 is 5.97 Å². The van der Waals surface area contributed by atoms with Crippen LogP contribution < -0.4 is 0 Å². The zero-order valence-electron chi connectivity index (χ0n) is 10.6. The van der Waals surface area contributed by atoms with Crippen molar-refractivity contribution in [2.45, 2.75) is 27.7 Å². The van der Waals surface area contributed by atoms with E-state index >= 15 is 0 Å². The van der Waals surface area contributed by atoms with Gasteiger partial charge in [0.05, 0.1) is 0 Å². The zero-order valence-corrected chi connectivity index (χ0v) is 11.6. The number of carbonyl (C=O) groups is 1. The van der Waals surface area contributed by atoms with Gasteiger partial charge in [-0.1, -0.05) is 12.1 Å². The van der Waals surface area contributed by atoms with Crippen molar-refractivity contribution < 1.29 is 31.5 Å². The Morgan fingerprint density at radius 1 is 1.06 bits per heavy atom. The van der Waals surface area contributed by atoms with Gasteiger partial charge in [0.15, 0.2) is 0 Å². The van der Waals surface area contributed by atoms with Crippen molar-refractivity contribution in [3.8, 4) is 5.75 Å². The number of hydrogen-bond donors (Lipinski definition) is 2. The van der Waals surface area contributed by atoms with Gasteiger partial charge in [-0.3, -0.25) is 0 Å². The number of benzene rings is 1. The molecule has 0 amide bonds. The van der Waals surface area contributed by atoms with E-state index in [1.807, 2.05) is 40.5 Å². The molecule has 0 saturated heterocycles. The average Bonchev–Trinajstić information content (AvgIpc) is 2.20. The molecule has 0 spiro atoms. The summed E-state index contributed by atoms with van der Waals surface area (Å²) in [6.45, 7) is 8.00. The first kappa shape index (κ1) is 21.3. The maximum atomic E-state index is 10.3.